The number of hydrogen-bond donors (Lipinski definition) is 1. The molecule has 0 saturated carbocycles. The fourth-order valence-electron chi connectivity index (χ4n) is 2.97. The van der Waals surface area contributed by atoms with Gasteiger partial charge in [-0.05, 0) is 42.3 Å². The molecule has 1 heterocycles. The number of methoxy groups -OCH3 is 2. The van der Waals surface area contributed by atoms with Crippen LogP contribution >= 0.6 is 0 Å². The van der Waals surface area contributed by atoms with Crippen molar-refractivity contribution in [2.45, 2.75) is 18.9 Å². The molecule has 0 aliphatic carbocycles. The molecule has 0 spiro atoms. The van der Waals surface area contributed by atoms with Crippen LogP contribution < -0.4 is 14.4 Å². The molecule has 0 fully saturated rings. The van der Waals surface area contributed by atoms with Gasteiger partial charge in [-0.15, -0.1) is 0 Å². The SMILES string of the molecule is COc1ccc(CC(=O)N2CCC(O)c3cc(OC)ccc32)cc1. The van der Waals surface area contributed by atoms with Gasteiger partial charge in [-0.3, -0.25) is 4.79 Å². The van der Waals surface area contributed by atoms with Crippen LogP contribution in [0, 0.1) is 0 Å². The molecule has 1 aliphatic rings. The van der Waals surface area contributed by atoms with E-state index >= 15 is 0 Å². The van der Waals surface area contributed by atoms with Gasteiger partial charge in [0, 0.05) is 17.8 Å². The van der Waals surface area contributed by atoms with Crippen LogP contribution in [0.2, 0.25) is 0 Å². The number of nitrogens with zero attached hydrogens (tertiary/aromatic N) is 1. The molecule has 2 aromatic carbocycles. The highest BCUT2D eigenvalue weighted by molar-refractivity contribution is 5.96. The Hall–Kier alpha value is -2.53. The first-order valence-corrected chi connectivity index (χ1v) is 7.91. The maximum Gasteiger partial charge on any atom is 0.231 e. The number of hydrogen-bond acceptors (Lipinski definition) is 4. The maximum atomic E-state index is 12.7. The van der Waals surface area contributed by atoms with E-state index in [-0.39, 0.29) is 5.91 Å². The Morgan fingerprint density at radius 1 is 1.12 bits per heavy atom. The molecular formula is C19H21NO4. The second kappa shape index (κ2) is 6.93. The number of carbonyl (C=O) groups is 1. The van der Waals surface area contributed by atoms with Crippen molar-refractivity contribution in [3.8, 4) is 11.5 Å². The first-order chi connectivity index (χ1) is 11.6. The number of anilines is 1. The molecule has 5 nitrogen and oxygen atoms in total. The van der Waals surface area contributed by atoms with E-state index in [0.717, 1.165) is 22.6 Å². The third kappa shape index (κ3) is 3.21. The third-order valence-corrected chi connectivity index (χ3v) is 4.33. The Morgan fingerprint density at radius 3 is 2.46 bits per heavy atom. The molecule has 24 heavy (non-hydrogen) atoms. The first kappa shape index (κ1) is 16.3. The third-order valence-electron chi connectivity index (χ3n) is 4.33. The van der Waals surface area contributed by atoms with E-state index in [9.17, 15) is 9.90 Å². The highest BCUT2D eigenvalue weighted by Crippen LogP contribution is 2.36. The van der Waals surface area contributed by atoms with E-state index in [4.69, 9.17) is 9.47 Å². The van der Waals surface area contributed by atoms with Crippen LogP contribution in [0.3, 0.4) is 0 Å². The molecule has 1 atom stereocenters. The zero-order valence-electron chi connectivity index (χ0n) is 13.9. The van der Waals surface area contributed by atoms with Gasteiger partial charge in [-0.1, -0.05) is 12.1 Å². The predicted molar refractivity (Wildman–Crippen MR) is 91.6 cm³/mol. The summed E-state index contributed by atoms with van der Waals surface area (Å²) in [6, 6.07) is 12.9. The Bertz CT molecular complexity index is 727. The van der Waals surface area contributed by atoms with Crippen LogP contribution in [0.25, 0.3) is 0 Å². The summed E-state index contributed by atoms with van der Waals surface area (Å²) in [5.41, 5.74) is 2.43. The molecule has 0 saturated heterocycles. The van der Waals surface area contributed by atoms with Gasteiger partial charge in [0.05, 0.1) is 26.7 Å². The van der Waals surface area contributed by atoms with Crippen molar-refractivity contribution in [3.05, 3.63) is 53.6 Å². The van der Waals surface area contributed by atoms with Gasteiger partial charge in [0.2, 0.25) is 5.91 Å². The molecule has 1 amide bonds. The van der Waals surface area contributed by atoms with Gasteiger partial charge in [0.1, 0.15) is 11.5 Å². The lowest BCUT2D eigenvalue weighted by Gasteiger charge is -2.32. The number of carbonyl (C=O) groups excluding carboxylic acids is 1. The van der Waals surface area contributed by atoms with Crippen LogP contribution in [0.1, 0.15) is 23.7 Å². The molecule has 0 radical (unpaired) electrons. The molecule has 3 rings (SSSR count). The Labute approximate surface area is 141 Å². The first-order valence-electron chi connectivity index (χ1n) is 7.91. The maximum absolute atomic E-state index is 12.7. The summed E-state index contributed by atoms with van der Waals surface area (Å²) in [5.74, 6) is 1.46. The van der Waals surface area contributed by atoms with Crippen molar-refractivity contribution in [2.24, 2.45) is 0 Å². The van der Waals surface area contributed by atoms with Gasteiger partial charge in [0.15, 0.2) is 0 Å². The Morgan fingerprint density at radius 2 is 1.79 bits per heavy atom. The lowest BCUT2D eigenvalue weighted by molar-refractivity contribution is -0.118. The monoisotopic (exact) mass is 327 g/mol. The average Bonchev–Trinajstić information content (AvgIpc) is 2.62. The number of benzene rings is 2. The number of ether oxygens (including phenoxy) is 2. The fraction of sp³-hybridized carbons (Fsp3) is 0.316. The second-order valence-electron chi connectivity index (χ2n) is 5.80. The zero-order valence-corrected chi connectivity index (χ0v) is 13.9. The molecule has 0 bridgehead atoms. The Kier molecular flexibility index (Phi) is 4.71. The number of amides is 1. The van der Waals surface area contributed by atoms with Crippen molar-refractivity contribution in [2.75, 3.05) is 25.7 Å². The summed E-state index contributed by atoms with van der Waals surface area (Å²) in [6.45, 7) is 0.509. The summed E-state index contributed by atoms with van der Waals surface area (Å²) in [4.78, 5) is 14.5. The van der Waals surface area contributed by atoms with Crippen molar-refractivity contribution < 1.29 is 19.4 Å². The van der Waals surface area contributed by atoms with Crippen molar-refractivity contribution >= 4 is 11.6 Å². The predicted octanol–water partition coefficient (Wildman–Crippen LogP) is 2.72. The zero-order chi connectivity index (χ0) is 17.1. The van der Waals surface area contributed by atoms with E-state index in [1.54, 1.807) is 25.2 Å². The quantitative estimate of drug-likeness (QED) is 0.938. The topological polar surface area (TPSA) is 59.0 Å². The normalized spacial score (nSPS) is 16.5. The largest absolute Gasteiger partial charge is 0.497 e. The molecule has 1 N–H and O–H groups in total. The van der Waals surface area contributed by atoms with Crippen molar-refractivity contribution in [3.63, 3.8) is 0 Å². The minimum absolute atomic E-state index is 0.0125. The highest BCUT2D eigenvalue weighted by Gasteiger charge is 2.27. The van der Waals surface area contributed by atoms with E-state index in [1.807, 2.05) is 36.4 Å². The number of aliphatic hydroxyl groups excluding tert-OH is 1. The minimum Gasteiger partial charge on any atom is -0.497 e. The summed E-state index contributed by atoms with van der Waals surface area (Å²) in [7, 11) is 3.20. The second-order valence-corrected chi connectivity index (χ2v) is 5.80. The van der Waals surface area contributed by atoms with Crippen LogP contribution in [0.4, 0.5) is 5.69 Å². The summed E-state index contributed by atoms with van der Waals surface area (Å²) < 4.78 is 10.4. The average molecular weight is 327 g/mol. The lowest BCUT2D eigenvalue weighted by Crippen LogP contribution is -2.37. The van der Waals surface area contributed by atoms with Crippen LogP contribution in [-0.4, -0.2) is 31.8 Å². The summed E-state index contributed by atoms with van der Waals surface area (Å²) in [6.07, 6.45) is 0.264. The fourth-order valence-corrected chi connectivity index (χ4v) is 2.97. The molecular weight excluding hydrogens is 306 g/mol. The molecule has 5 heteroatoms. The van der Waals surface area contributed by atoms with Gasteiger partial charge in [-0.2, -0.15) is 0 Å². The molecule has 2 aromatic rings. The van der Waals surface area contributed by atoms with Crippen LogP contribution in [0.5, 0.6) is 11.5 Å². The van der Waals surface area contributed by atoms with E-state index < -0.39 is 6.10 Å². The van der Waals surface area contributed by atoms with Gasteiger partial charge >= 0.3 is 0 Å². The molecule has 1 unspecified atom stereocenters. The van der Waals surface area contributed by atoms with E-state index in [2.05, 4.69) is 0 Å². The van der Waals surface area contributed by atoms with Gasteiger partial charge < -0.3 is 19.5 Å². The number of aliphatic hydroxyl groups is 1. The molecule has 1 aliphatic heterocycles. The standard InChI is InChI=1S/C19H21NO4/c1-23-14-5-3-13(4-6-14)11-19(22)20-10-9-18(21)16-12-15(24-2)7-8-17(16)20/h3-8,12,18,21H,9-11H2,1-2H3. The summed E-state index contributed by atoms with van der Waals surface area (Å²) in [5, 5.41) is 10.2. The van der Waals surface area contributed by atoms with E-state index in [1.165, 1.54) is 0 Å². The van der Waals surface area contributed by atoms with E-state index in [0.29, 0.717) is 25.1 Å². The number of fused-ring (bicyclic) bond motifs is 1. The minimum atomic E-state index is -0.569. The Balaban J connectivity index is 1.81. The smallest absolute Gasteiger partial charge is 0.231 e. The van der Waals surface area contributed by atoms with Gasteiger partial charge in [-0.25, -0.2) is 0 Å². The molecule has 0 aromatic heterocycles. The van der Waals surface area contributed by atoms with Crippen molar-refractivity contribution in [1.29, 1.82) is 0 Å². The highest BCUT2D eigenvalue weighted by atomic mass is 16.5. The van der Waals surface area contributed by atoms with Crippen molar-refractivity contribution in [1.82, 2.24) is 0 Å². The van der Waals surface area contributed by atoms with Crippen LogP contribution in [0.15, 0.2) is 42.5 Å². The van der Waals surface area contributed by atoms with Gasteiger partial charge in [0.25, 0.3) is 0 Å². The lowest BCUT2D eigenvalue weighted by atomic mass is 9.97. The number of rotatable bonds is 4. The summed E-state index contributed by atoms with van der Waals surface area (Å²) >= 11 is 0. The molecule has 126 valence electrons. The van der Waals surface area contributed by atoms with Crippen LogP contribution in [-0.2, 0) is 11.2 Å².